The van der Waals surface area contributed by atoms with E-state index >= 15 is 0 Å². The maximum atomic E-state index is 11.2. The van der Waals surface area contributed by atoms with E-state index in [1.54, 1.807) is 12.1 Å². The first-order chi connectivity index (χ1) is 12.7. The molecular formula is C24H26O3. The summed E-state index contributed by atoms with van der Waals surface area (Å²) in [6.07, 6.45) is 4.57. The summed E-state index contributed by atoms with van der Waals surface area (Å²) in [7, 11) is 0. The van der Waals surface area contributed by atoms with Gasteiger partial charge in [-0.15, -0.1) is 0 Å². The summed E-state index contributed by atoms with van der Waals surface area (Å²) >= 11 is 0. The first-order valence-electron chi connectivity index (χ1n) is 9.53. The Hall–Kier alpha value is -2.55. The highest BCUT2D eigenvalue weighted by Gasteiger charge is 2.36. The number of aromatic carboxylic acids is 1. The van der Waals surface area contributed by atoms with E-state index in [1.807, 2.05) is 6.07 Å². The van der Waals surface area contributed by atoms with E-state index in [2.05, 4.69) is 52.0 Å². The zero-order valence-electron chi connectivity index (χ0n) is 16.4. The third kappa shape index (κ3) is 3.05. The number of ether oxygens (including phenoxy) is 1. The van der Waals surface area contributed by atoms with Crippen LogP contribution in [0.1, 0.15) is 73.1 Å². The Labute approximate surface area is 160 Å². The van der Waals surface area contributed by atoms with Gasteiger partial charge in [-0.05, 0) is 64.6 Å². The van der Waals surface area contributed by atoms with Gasteiger partial charge in [-0.3, -0.25) is 0 Å². The molecule has 27 heavy (non-hydrogen) atoms. The maximum absolute atomic E-state index is 11.2. The molecule has 0 saturated heterocycles. The minimum absolute atomic E-state index is 0.180. The van der Waals surface area contributed by atoms with E-state index in [4.69, 9.17) is 9.84 Å². The van der Waals surface area contributed by atoms with Crippen molar-refractivity contribution >= 4 is 17.6 Å². The number of hydrogen-bond acceptors (Lipinski definition) is 2. The third-order valence-electron chi connectivity index (χ3n) is 6.18. The van der Waals surface area contributed by atoms with Gasteiger partial charge in [-0.1, -0.05) is 45.9 Å². The van der Waals surface area contributed by atoms with Crippen LogP contribution < -0.4 is 4.74 Å². The monoisotopic (exact) mass is 362 g/mol. The number of carbonyl (C=O) groups is 1. The van der Waals surface area contributed by atoms with Crippen LogP contribution in [0.25, 0.3) is 11.6 Å². The van der Waals surface area contributed by atoms with E-state index < -0.39 is 5.97 Å². The number of benzene rings is 2. The Balaban J connectivity index is 1.74. The lowest BCUT2D eigenvalue weighted by atomic mass is 9.63. The number of carboxylic acids is 1. The second-order valence-electron chi connectivity index (χ2n) is 9.05. The van der Waals surface area contributed by atoms with E-state index in [0.29, 0.717) is 12.4 Å². The highest BCUT2D eigenvalue weighted by Crippen LogP contribution is 2.46. The molecule has 4 rings (SSSR count). The number of carboxylic acid groups (broad SMARTS) is 1. The molecule has 1 N–H and O–H groups in total. The number of hydrogen-bond donors (Lipinski definition) is 1. The highest BCUT2D eigenvalue weighted by atomic mass is 16.5. The fraction of sp³-hybridized carbons (Fsp3) is 0.375. The molecule has 0 saturated carbocycles. The molecule has 0 amide bonds. The lowest BCUT2D eigenvalue weighted by molar-refractivity contribution is 0.0696. The quantitative estimate of drug-likeness (QED) is 0.749. The summed E-state index contributed by atoms with van der Waals surface area (Å²) in [5.41, 5.74) is 6.80. The van der Waals surface area contributed by atoms with E-state index in [9.17, 15) is 4.79 Å². The molecule has 1 aliphatic carbocycles. The second kappa shape index (κ2) is 5.98. The van der Waals surface area contributed by atoms with Crippen molar-refractivity contribution in [2.75, 3.05) is 6.61 Å². The lowest BCUT2D eigenvalue weighted by Gasteiger charge is -2.42. The minimum Gasteiger partial charge on any atom is -0.488 e. The van der Waals surface area contributed by atoms with Crippen LogP contribution in [0.2, 0.25) is 0 Å². The molecule has 0 aromatic heterocycles. The van der Waals surface area contributed by atoms with E-state index in [0.717, 1.165) is 11.1 Å². The van der Waals surface area contributed by atoms with Crippen molar-refractivity contribution < 1.29 is 14.6 Å². The van der Waals surface area contributed by atoms with Gasteiger partial charge in [0.05, 0.1) is 5.56 Å². The summed E-state index contributed by atoms with van der Waals surface area (Å²) < 4.78 is 5.73. The molecule has 0 atom stereocenters. The first kappa shape index (κ1) is 17.8. The molecular weight excluding hydrogens is 336 g/mol. The van der Waals surface area contributed by atoms with Gasteiger partial charge in [0, 0.05) is 11.1 Å². The molecule has 3 heteroatoms. The molecule has 0 radical (unpaired) electrons. The molecule has 2 aromatic rings. The molecule has 0 fully saturated rings. The van der Waals surface area contributed by atoms with Gasteiger partial charge in [-0.25, -0.2) is 4.79 Å². The van der Waals surface area contributed by atoms with Gasteiger partial charge in [0.15, 0.2) is 0 Å². The number of rotatable bonds is 2. The smallest absolute Gasteiger partial charge is 0.335 e. The van der Waals surface area contributed by atoms with Gasteiger partial charge >= 0.3 is 5.97 Å². The Bertz CT molecular complexity index is 964. The van der Waals surface area contributed by atoms with Crippen LogP contribution in [0.5, 0.6) is 5.75 Å². The van der Waals surface area contributed by atoms with Crippen LogP contribution in [-0.4, -0.2) is 17.7 Å². The minimum atomic E-state index is -0.932. The van der Waals surface area contributed by atoms with Gasteiger partial charge in [0.2, 0.25) is 0 Å². The van der Waals surface area contributed by atoms with E-state index in [-0.39, 0.29) is 16.4 Å². The van der Waals surface area contributed by atoms with Crippen LogP contribution in [0.4, 0.5) is 0 Å². The van der Waals surface area contributed by atoms with Crippen LogP contribution >= 0.6 is 0 Å². The molecule has 3 nitrogen and oxygen atoms in total. The lowest BCUT2D eigenvalue weighted by Crippen LogP contribution is -2.33. The van der Waals surface area contributed by atoms with Crippen LogP contribution in [0, 0.1) is 0 Å². The zero-order valence-corrected chi connectivity index (χ0v) is 16.4. The second-order valence-corrected chi connectivity index (χ2v) is 9.05. The Kier molecular flexibility index (Phi) is 3.95. The van der Waals surface area contributed by atoms with Crippen molar-refractivity contribution in [3.63, 3.8) is 0 Å². The normalized spacial score (nSPS) is 20.7. The van der Waals surface area contributed by atoms with Crippen molar-refractivity contribution in [2.45, 2.75) is 51.4 Å². The third-order valence-corrected chi connectivity index (χ3v) is 6.18. The fourth-order valence-electron chi connectivity index (χ4n) is 4.29. The Morgan fingerprint density at radius 2 is 1.70 bits per heavy atom. The van der Waals surface area contributed by atoms with Crippen molar-refractivity contribution in [3.05, 3.63) is 64.2 Å². The van der Waals surface area contributed by atoms with Crippen molar-refractivity contribution in [3.8, 4) is 5.75 Å². The maximum Gasteiger partial charge on any atom is 0.335 e. The molecule has 2 aliphatic rings. The van der Waals surface area contributed by atoms with Crippen molar-refractivity contribution in [1.29, 1.82) is 0 Å². The predicted molar refractivity (Wildman–Crippen MR) is 108 cm³/mol. The van der Waals surface area contributed by atoms with Crippen LogP contribution in [-0.2, 0) is 10.8 Å². The molecule has 0 spiro atoms. The SMILES string of the molecule is CC1(C)CCC(C)(C)c2cc(C=C3COc4cc(C(=O)O)ccc43)ccc21. The first-order valence-corrected chi connectivity index (χ1v) is 9.53. The van der Waals surface area contributed by atoms with Crippen molar-refractivity contribution in [2.24, 2.45) is 0 Å². The summed E-state index contributed by atoms with van der Waals surface area (Å²) in [5.74, 6) is -0.279. The van der Waals surface area contributed by atoms with Crippen LogP contribution in [0.3, 0.4) is 0 Å². The molecule has 140 valence electrons. The van der Waals surface area contributed by atoms with E-state index in [1.165, 1.54) is 29.5 Å². The number of fused-ring (bicyclic) bond motifs is 2. The van der Waals surface area contributed by atoms with Crippen LogP contribution in [0.15, 0.2) is 36.4 Å². The fourth-order valence-corrected chi connectivity index (χ4v) is 4.29. The molecule has 2 aromatic carbocycles. The molecule has 1 heterocycles. The summed E-state index contributed by atoms with van der Waals surface area (Å²) in [4.78, 5) is 11.2. The van der Waals surface area contributed by atoms with Crippen molar-refractivity contribution in [1.82, 2.24) is 0 Å². The van der Waals surface area contributed by atoms with Gasteiger partial charge in [-0.2, -0.15) is 0 Å². The average molecular weight is 362 g/mol. The van der Waals surface area contributed by atoms with Gasteiger partial charge in [0.25, 0.3) is 0 Å². The summed E-state index contributed by atoms with van der Waals surface area (Å²) in [6.45, 7) is 9.81. The molecule has 0 unspecified atom stereocenters. The zero-order chi connectivity index (χ0) is 19.4. The Morgan fingerprint density at radius 1 is 1.00 bits per heavy atom. The standard InChI is InChI=1S/C24H26O3/c1-23(2)9-10-24(3,4)20-12-15(5-8-19(20)23)11-17-14-27-21-13-16(22(25)26)6-7-18(17)21/h5-8,11-13H,9-10,14H2,1-4H3,(H,25,26). The highest BCUT2D eigenvalue weighted by molar-refractivity contribution is 5.92. The average Bonchev–Trinajstić information content (AvgIpc) is 3.01. The largest absolute Gasteiger partial charge is 0.488 e. The summed E-state index contributed by atoms with van der Waals surface area (Å²) in [5, 5.41) is 9.15. The summed E-state index contributed by atoms with van der Waals surface area (Å²) in [6, 6.07) is 11.9. The molecule has 1 aliphatic heterocycles. The Morgan fingerprint density at radius 3 is 2.41 bits per heavy atom. The van der Waals surface area contributed by atoms with Gasteiger partial charge < -0.3 is 9.84 Å². The van der Waals surface area contributed by atoms with Gasteiger partial charge in [0.1, 0.15) is 12.4 Å². The topological polar surface area (TPSA) is 46.5 Å². The predicted octanol–water partition coefficient (Wildman–Crippen LogP) is 5.67. The molecule has 0 bridgehead atoms.